The molecule has 0 bridgehead atoms. The van der Waals surface area contributed by atoms with Crippen molar-refractivity contribution >= 4 is 5.97 Å². The molecular formula is C7H7F2NO3. The smallest absolute Gasteiger partial charge is 0.376 e. The molecule has 0 amide bonds. The Balaban J connectivity index is 2.87. The molecule has 6 heteroatoms. The standard InChI is InChI=1S/C7H7F2NO3/c1-2-12-7(11)5-4(6(8)9)10-3-13-5/h3,6H,2H2,1H3. The normalized spacial score (nSPS) is 10.5. The van der Waals surface area contributed by atoms with Gasteiger partial charge < -0.3 is 9.15 Å². The minimum Gasteiger partial charge on any atom is -0.460 e. The molecule has 4 nitrogen and oxygen atoms in total. The zero-order chi connectivity index (χ0) is 9.84. The van der Waals surface area contributed by atoms with Crippen LogP contribution in [0.25, 0.3) is 0 Å². The molecule has 0 aliphatic rings. The van der Waals surface area contributed by atoms with Crippen LogP contribution in [-0.4, -0.2) is 17.6 Å². The Hall–Kier alpha value is -1.46. The van der Waals surface area contributed by atoms with E-state index in [0.29, 0.717) is 0 Å². The third-order valence-corrected chi connectivity index (χ3v) is 1.26. The fourth-order valence-corrected chi connectivity index (χ4v) is 0.760. The van der Waals surface area contributed by atoms with Crippen LogP contribution in [0.15, 0.2) is 10.8 Å². The predicted octanol–water partition coefficient (Wildman–Crippen LogP) is 1.79. The minimum atomic E-state index is -2.84. The van der Waals surface area contributed by atoms with E-state index < -0.39 is 23.8 Å². The minimum absolute atomic E-state index is 0.0994. The molecule has 0 spiro atoms. The molecule has 0 N–H and O–H groups in total. The van der Waals surface area contributed by atoms with Crippen molar-refractivity contribution in [2.45, 2.75) is 13.3 Å². The second-order valence-electron chi connectivity index (χ2n) is 2.09. The number of carbonyl (C=O) groups excluding carboxylic acids is 1. The van der Waals surface area contributed by atoms with E-state index in [1.54, 1.807) is 6.92 Å². The van der Waals surface area contributed by atoms with Gasteiger partial charge in [0.1, 0.15) is 0 Å². The lowest BCUT2D eigenvalue weighted by Gasteiger charge is -1.99. The number of hydrogen-bond donors (Lipinski definition) is 0. The van der Waals surface area contributed by atoms with E-state index in [0.717, 1.165) is 6.39 Å². The van der Waals surface area contributed by atoms with Gasteiger partial charge in [-0.15, -0.1) is 0 Å². The van der Waals surface area contributed by atoms with Gasteiger partial charge in [-0.3, -0.25) is 0 Å². The van der Waals surface area contributed by atoms with Gasteiger partial charge in [-0.1, -0.05) is 0 Å². The molecule has 0 aliphatic heterocycles. The van der Waals surface area contributed by atoms with Crippen molar-refractivity contribution in [3.63, 3.8) is 0 Å². The van der Waals surface area contributed by atoms with E-state index in [1.807, 2.05) is 0 Å². The van der Waals surface area contributed by atoms with Crippen molar-refractivity contribution in [3.05, 3.63) is 17.8 Å². The maximum Gasteiger partial charge on any atom is 0.376 e. The van der Waals surface area contributed by atoms with Crippen LogP contribution in [0.1, 0.15) is 29.6 Å². The van der Waals surface area contributed by atoms with Crippen molar-refractivity contribution in [2.75, 3.05) is 6.61 Å². The van der Waals surface area contributed by atoms with E-state index in [1.165, 1.54) is 0 Å². The molecule has 0 radical (unpaired) electrons. The highest BCUT2D eigenvalue weighted by atomic mass is 19.3. The van der Waals surface area contributed by atoms with Crippen LogP contribution >= 0.6 is 0 Å². The number of rotatable bonds is 3. The molecule has 1 aromatic heterocycles. The number of halogens is 2. The highest BCUT2D eigenvalue weighted by Crippen LogP contribution is 2.21. The van der Waals surface area contributed by atoms with Gasteiger partial charge in [-0.05, 0) is 6.92 Å². The molecule has 0 unspecified atom stereocenters. The van der Waals surface area contributed by atoms with Gasteiger partial charge in [0, 0.05) is 0 Å². The van der Waals surface area contributed by atoms with Gasteiger partial charge in [0.15, 0.2) is 12.1 Å². The summed E-state index contributed by atoms with van der Waals surface area (Å²) in [5.74, 6) is -1.45. The highest BCUT2D eigenvalue weighted by molar-refractivity contribution is 5.87. The summed E-state index contributed by atoms with van der Waals surface area (Å²) in [7, 11) is 0. The molecule has 0 aliphatic carbocycles. The molecule has 0 aromatic carbocycles. The maximum atomic E-state index is 12.1. The number of alkyl halides is 2. The third kappa shape index (κ3) is 2.01. The van der Waals surface area contributed by atoms with Crippen molar-refractivity contribution in [1.82, 2.24) is 4.98 Å². The monoisotopic (exact) mass is 191 g/mol. The van der Waals surface area contributed by atoms with Gasteiger partial charge in [0.05, 0.1) is 6.61 Å². The Kier molecular flexibility index (Phi) is 2.94. The van der Waals surface area contributed by atoms with Gasteiger partial charge in [-0.2, -0.15) is 0 Å². The molecule has 72 valence electrons. The summed E-state index contributed by atoms with van der Waals surface area (Å²) in [6.45, 7) is 1.67. The van der Waals surface area contributed by atoms with Gasteiger partial charge in [-0.25, -0.2) is 18.6 Å². The second kappa shape index (κ2) is 3.97. The summed E-state index contributed by atoms with van der Waals surface area (Å²) in [6, 6.07) is 0. The summed E-state index contributed by atoms with van der Waals surface area (Å²) >= 11 is 0. The lowest BCUT2D eigenvalue weighted by molar-refractivity contribution is 0.0475. The van der Waals surface area contributed by atoms with Crippen LogP contribution in [0.3, 0.4) is 0 Å². The Morgan fingerprint density at radius 1 is 1.77 bits per heavy atom. The number of carbonyl (C=O) groups is 1. The van der Waals surface area contributed by atoms with Crippen molar-refractivity contribution in [2.24, 2.45) is 0 Å². The van der Waals surface area contributed by atoms with E-state index in [-0.39, 0.29) is 6.61 Å². The first-order valence-corrected chi connectivity index (χ1v) is 3.55. The zero-order valence-electron chi connectivity index (χ0n) is 6.79. The van der Waals surface area contributed by atoms with E-state index in [2.05, 4.69) is 14.1 Å². The number of ether oxygens (including phenoxy) is 1. The Bertz CT molecular complexity index is 298. The average molecular weight is 191 g/mol. The highest BCUT2D eigenvalue weighted by Gasteiger charge is 2.24. The van der Waals surface area contributed by atoms with Gasteiger partial charge in [0.25, 0.3) is 6.43 Å². The number of hydrogen-bond acceptors (Lipinski definition) is 4. The molecule has 1 heterocycles. The van der Waals surface area contributed by atoms with Gasteiger partial charge in [0.2, 0.25) is 5.76 Å². The van der Waals surface area contributed by atoms with Gasteiger partial charge >= 0.3 is 5.97 Å². The van der Waals surface area contributed by atoms with Crippen molar-refractivity contribution < 1.29 is 22.7 Å². The molecule has 13 heavy (non-hydrogen) atoms. The van der Waals surface area contributed by atoms with Crippen LogP contribution in [0.5, 0.6) is 0 Å². The Morgan fingerprint density at radius 3 is 3.00 bits per heavy atom. The van der Waals surface area contributed by atoms with Crippen molar-refractivity contribution in [1.29, 1.82) is 0 Å². The van der Waals surface area contributed by atoms with Crippen molar-refractivity contribution in [3.8, 4) is 0 Å². The number of aromatic nitrogens is 1. The summed E-state index contributed by atoms with van der Waals surface area (Å²) in [5, 5.41) is 0. The first kappa shape index (κ1) is 9.63. The fourth-order valence-electron chi connectivity index (χ4n) is 0.760. The van der Waals surface area contributed by atoms with Crippen LogP contribution in [-0.2, 0) is 4.74 Å². The summed E-state index contributed by atoms with van der Waals surface area (Å²) < 4.78 is 33.2. The average Bonchev–Trinajstić information content (AvgIpc) is 2.52. The zero-order valence-corrected chi connectivity index (χ0v) is 6.79. The number of esters is 1. The van der Waals surface area contributed by atoms with E-state index in [4.69, 9.17) is 0 Å². The quantitative estimate of drug-likeness (QED) is 0.683. The lowest BCUT2D eigenvalue weighted by atomic mass is 10.3. The van der Waals surface area contributed by atoms with Crippen LogP contribution < -0.4 is 0 Å². The Labute approximate surface area is 72.5 Å². The summed E-state index contributed by atoms with van der Waals surface area (Å²) in [4.78, 5) is 14.1. The van der Waals surface area contributed by atoms with E-state index >= 15 is 0 Å². The third-order valence-electron chi connectivity index (χ3n) is 1.26. The molecule has 0 atom stereocenters. The van der Waals surface area contributed by atoms with E-state index in [9.17, 15) is 13.6 Å². The molecule has 0 fully saturated rings. The SMILES string of the molecule is CCOC(=O)c1ocnc1C(F)F. The summed E-state index contributed by atoms with van der Waals surface area (Å²) in [6.07, 6.45) is -2.05. The predicted molar refractivity (Wildman–Crippen MR) is 37.4 cm³/mol. The topological polar surface area (TPSA) is 52.3 Å². The first-order chi connectivity index (χ1) is 6.16. The summed E-state index contributed by atoms with van der Waals surface area (Å²) in [5.41, 5.74) is -0.682. The molecule has 1 aromatic rings. The second-order valence-corrected chi connectivity index (χ2v) is 2.09. The molecule has 0 saturated heterocycles. The van der Waals surface area contributed by atoms with Crippen LogP contribution in [0, 0.1) is 0 Å². The molecule has 0 saturated carbocycles. The number of nitrogens with zero attached hydrogens (tertiary/aromatic N) is 1. The number of oxazole rings is 1. The molecule has 1 rings (SSSR count). The largest absolute Gasteiger partial charge is 0.460 e. The lowest BCUT2D eigenvalue weighted by Crippen LogP contribution is -2.06. The fraction of sp³-hybridized carbons (Fsp3) is 0.429. The molecular weight excluding hydrogens is 184 g/mol. The maximum absolute atomic E-state index is 12.1. The Morgan fingerprint density at radius 2 is 2.46 bits per heavy atom. The van der Waals surface area contributed by atoms with Crippen LogP contribution in [0.2, 0.25) is 0 Å². The van der Waals surface area contributed by atoms with Crippen LogP contribution in [0.4, 0.5) is 8.78 Å². The first-order valence-electron chi connectivity index (χ1n) is 3.55.